The molecule has 0 heterocycles. The number of amides is 2. The van der Waals surface area contributed by atoms with Crippen LogP contribution in [0.2, 0.25) is 0 Å². The van der Waals surface area contributed by atoms with Crippen molar-refractivity contribution in [2.24, 2.45) is 0 Å². The molecule has 0 radical (unpaired) electrons. The number of urea groups is 1. The maximum atomic E-state index is 11.9. The number of carboxylic acids is 1. The molecule has 0 bridgehead atoms. The summed E-state index contributed by atoms with van der Waals surface area (Å²) in [5, 5.41) is 14.5. The molecule has 2 unspecified atom stereocenters. The summed E-state index contributed by atoms with van der Waals surface area (Å²) < 4.78 is 0. The molecular weight excluding hydrogens is 256 g/mol. The topological polar surface area (TPSA) is 78.4 Å². The van der Waals surface area contributed by atoms with Crippen molar-refractivity contribution in [3.05, 3.63) is 35.9 Å². The van der Waals surface area contributed by atoms with Crippen LogP contribution in [0, 0.1) is 0 Å². The van der Waals surface area contributed by atoms with Crippen LogP contribution < -0.4 is 10.6 Å². The molecule has 0 aliphatic rings. The SMILES string of the molecule is CCCC(C)NC(=O)NC(CC(=O)O)c1ccccc1. The fourth-order valence-corrected chi connectivity index (χ4v) is 2.04. The number of carbonyl (C=O) groups excluding carboxylic acids is 1. The lowest BCUT2D eigenvalue weighted by Gasteiger charge is -2.20. The number of carbonyl (C=O) groups is 2. The molecule has 0 aromatic heterocycles. The lowest BCUT2D eigenvalue weighted by molar-refractivity contribution is -0.137. The van der Waals surface area contributed by atoms with Crippen molar-refractivity contribution in [3.8, 4) is 0 Å². The molecule has 1 rings (SSSR count). The Kier molecular flexibility index (Phi) is 6.56. The van der Waals surface area contributed by atoms with Gasteiger partial charge < -0.3 is 15.7 Å². The van der Waals surface area contributed by atoms with Gasteiger partial charge >= 0.3 is 12.0 Å². The van der Waals surface area contributed by atoms with Gasteiger partial charge in [-0.05, 0) is 18.9 Å². The summed E-state index contributed by atoms with van der Waals surface area (Å²) in [5.41, 5.74) is 0.785. The van der Waals surface area contributed by atoms with Gasteiger partial charge in [0.25, 0.3) is 0 Å². The number of hydrogen-bond donors (Lipinski definition) is 3. The maximum absolute atomic E-state index is 11.9. The first kappa shape index (κ1) is 16.0. The molecule has 20 heavy (non-hydrogen) atoms. The number of rotatable bonds is 7. The molecule has 3 N–H and O–H groups in total. The van der Waals surface area contributed by atoms with Crippen LogP contribution in [-0.4, -0.2) is 23.1 Å². The van der Waals surface area contributed by atoms with E-state index < -0.39 is 12.0 Å². The Morgan fingerprint density at radius 2 is 1.85 bits per heavy atom. The first-order valence-corrected chi connectivity index (χ1v) is 6.86. The standard InChI is InChI=1S/C15H22N2O3/c1-3-7-11(2)16-15(20)17-13(10-14(18)19)12-8-5-4-6-9-12/h4-6,8-9,11,13H,3,7,10H2,1-2H3,(H,18,19)(H2,16,17,20). The Bertz CT molecular complexity index is 434. The number of hydrogen-bond acceptors (Lipinski definition) is 2. The van der Waals surface area contributed by atoms with Crippen molar-refractivity contribution in [2.75, 3.05) is 0 Å². The van der Waals surface area contributed by atoms with Gasteiger partial charge in [-0.25, -0.2) is 4.79 Å². The smallest absolute Gasteiger partial charge is 0.315 e. The molecule has 5 heteroatoms. The molecule has 0 spiro atoms. The summed E-state index contributed by atoms with van der Waals surface area (Å²) >= 11 is 0. The molecular formula is C15H22N2O3. The first-order valence-electron chi connectivity index (χ1n) is 6.86. The van der Waals surface area contributed by atoms with Gasteiger partial charge in [0.1, 0.15) is 0 Å². The average molecular weight is 278 g/mol. The summed E-state index contributed by atoms with van der Waals surface area (Å²) in [7, 11) is 0. The summed E-state index contributed by atoms with van der Waals surface area (Å²) in [6.45, 7) is 3.98. The van der Waals surface area contributed by atoms with Crippen LogP contribution in [0.15, 0.2) is 30.3 Å². The van der Waals surface area contributed by atoms with Gasteiger partial charge in [-0.2, -0.15) is 0 Å². The lowest BCUT2D eigenvalue weighted by atomic mass is 10.0. The summed E-state index contributed by atoms with van der Waals surface area (Å²) in [4.78, 5) is 22.8. The van der Waals surface area contributed by atoms with E-state index in [4.69, 9.17) is 5.11 Å². The quantitative estimate of drug-likeness (QED) is 0.717. The highest BCUT2D eigenvalue weighted by atomic mass is 16.4. The van der Waals surface area contributed by atoms with Crippen LogP contribution in [0.25, 0.3) is 0 Å². The van der Waals surface area contributed by atoms with Crippen molar-refractivity contribution >= 4 is 12.0 Å². The van der Waals surface area contributed by atoms with Gasteiger partial charge in [-0.1, -0.05) is 43.7 Å². The van der Waals surface area contributed by atoms with Crippen LogP contribution in [0.4, 0.5) is 4.79 Å². The van der Waals surface area contributed by atoms with E-state index >= 15 is 0 Å². The zero-order valence-electron chi connectivity index (χ0n) is 11.9. The average Bonchev–Trinajstić information content (AvgIpc) is 2.38. The third-order valence-corrected chi connectivity index (χ3v) is 2.99. The molecule has 0 fully saturated rings. The molecule has 2 amide bonds. The third-order valence-electron chi connectivity index (χ3n) is 2.99. The molecule has 0 aliphatic carbocycles. The van der Waals surface area contributed by atoms with Crippen LogP contribution in [0.5, 0.6) is 0 Å². The monoisotopic (exact) mass is 278 g/mol. The van der Waals surface area contributed by atoms with Crippen LogP contribution in [0.1, 0.15) is 44.7 Å². The van der Waals surface area contributed by atoms with Crippen molar-refractivity contribution in [2.45, 2.75) is 45.2 Å². The second-order valence-corrected chi connectivity index (χ2v) is 4.87. The van der Waals surface area contributed by atoms with Crippen molar-refractivity contribution in [1.29, 1.82) is 0 Å². The largest absolute Gasteiger partial charge is 0.481 e. The van der Waals surface area contributed by atoms with Crippen LogP contribution in [-0.2, 0) is 4.79 Å². The zero-order valence-corrected chi connectivity index (χ0v) is 11.9. The lowest BCUT2D eigenvalue weighted by Crippen LogP contribution is -2.42. The molecule has 1 aromatic carbocycles. The van der Waals surface area contributed by atoms with Crippen molar-refractivity contribution in [3.63, 3.8) is 0 Å². The second-order valence-electron chi connectivity index (χ2n) is 4.87. The van der Waals surface area contributed by atoms with Gasteiger partial charge in [-0.15, -0.1) is 0 Å². The van der Waals surface area contributed by atoms with E-state index in [1.54, 1.807) is 0 Å². The molecule has 5 nitrogen and oxygen atoms in total. The molecule has 0 saturated heterocycles. The highest BCUT2D eigenvalue weighted by Crippen LogP contribution is 2.16. The minimum Gasteiger partial charge on any atom is -0.481 e. The van der Waals surface area contributed by atoms with E-state index in [2.05, 4.69) is 10.6 Å². The zero-order chi connectivity index (χ0) is 15.0. The fourth-order valence-electron chi connectivity index (χ4n) is 2.04. The van der Waals surface area contributed by atoms with Crippen molar-refractivity contribution in [1.82, 2.24) is 10.6 Å². The van der Waals surface area contributed by atoms with E-state index in [1.807, 2.05) is 44.2 Å². The fraction of sp³-hybridized carbons (Fsp3) is 0.467. The Balaban J connectivity index is 2.66. The van der Waals surface area contributed by atoms with Gasteiger partial charge in [0, 0.05) is 6.04 Å². The van der Waals surface area contributed by atoms with E-state index in [0.717, 1.165) is 18.4 Å². The van der Waals surface area contributed by atoms with Crippen LogP contribution >= 0.6 is 0 Å². The summed E-state index contributed by atoms with van der Waals surface area (Å²) in [5.74, 6) is -0.944. The molecule has 0 aliphatic heterocycles. The first-order chi connectivity index (χ1) is 9.52. The third kappa shape index (κ3) is 5.73. The summed E-state index contributed by atoms with van der Waals surface area (Å²) in [6, 6.07) is 8.33. The Morgan fingerprint density at radius 3 is 2.40 bits per heavy atom. The van der Waals surface area contributed by atoms with Crippen molar-refractivity contribution < 1.29 is 14.7 Å². The highest BCUT2D eigenvalue weighted by molar-refractivity contribution is 5.76. The van der Waals surface area contributed by atoms with E-state index in [-0.39, 0.29) is 18.5 Å². The number of nitrogens with one attached hydrogen (secondary N) is 2. The van der Waals surface area contributed by atoms with E-state index in [1.165, 1.54) is 0 Å². The highest BCUT2D eigenvalue weighted by Gasteiger charge is 2.18. The Labute approximate surface area is 119 Å². The number of carboxylic acid groups (broad SMARTS) is 1. The minimum atomic E-state index is -0.944. The second kappa shape index (κ2) is 8.19. The van der Waals surface area contributed by atoms with Gasteiger partial charge in [0.15, 0.2) is 0 Å². The van der Waals surface area contributed by atoms with Crippen LogP contribution in [0.3, 0.4) is 0 Å². The normalized spacial score (nSPS) is 13.3. The predicted octanol–water partition coefficient (Wildman–Crippen LogP) is 2.69. The predicted molar refractivity (Wildman–Crippen MR) is 77.5 cm³/mol. The number of aliphatic carboxylic acids is 1. The molecule has 2 atom stereocenters. The van der Waals surface area contributed by atoms with Gasteiger partial charge in [0.2, 0.25) is 0 Å². The van der Waals surface area contributed by atoms with E-state index in [0.29, 0.717) is 0 Å². The van der Waals surface area contributed by atoms with E-state index in [9.17, 15) is 9.59 Å². The Morgan fingerprint density at radius 1 is 1.20 bits per heavy atom. The molecule has 0 saturated carbocycles. The Hall–Kier alpha value is -2.04. The van der Waals surface area contributed by atoms with Gasteiger partial charge in [-0.3, -0.25) is 4.79 Å². The minimum absolute atomic E-state index is 0.0706. The van der Waals surface area contributed by atoms with Gasteiger partial charge in [0.05, 0.1) is 12.5 Å². The molecule has 1 aromatic rings. The number of benzene rings is 1. The molecule has 110 valence electrons. The maximum Gasteiger partial charge on any atom is 0.315 e. The summed E-state index contributed by atoms with van der Waals surface area (Å²) in [6.07, 6.45) is 1.74.